The highest BCUT2D eigenvalue weighted by Crippen LogP contribution is 2.18. The summed E-state index contributed by atoms with van der Waals surface area (Å²) < 4.78 is 22.7. The molecule has 3 N–H and O–H groups in total. The van der Waals surface area contributed by atoms with E-state index in [9.17, 15) is 8.42 Å². The molecule has 16 heavy (non-hydrogen) atoms. The van der Waals surface area contributed by atoms with Crippen LogP contribution in [-0.2, 0) is 10.0 Å². The molecule has 0 radical (unpaired) electrons. The van der Waals surface area contributed by atoms with E-state index in [2.05, 4.69) is 36.1 Å². The average molecular weight is 304 g/mol. The number of primary sulfonamides is 1. The maximum atomic E-state index is 11.0. The Labute approximate surface area is 99.3 Å². The van der Waals surface area contributed by atoms with Gasteiger partial charge in [-0.15, -0.1) is 0 Å². The maximum absolute atomic E-state index is 11.0. The number of halogens is 1. The first-order chi connectivity index (χ1) is 7.47. The number of hydrogen-bond donors (Lipinski definition) is 2. The van der Waals surface area contributed by atoms with Crippen LogP contribution < -0.4 is 5.14 Å². The first-order valence-electron chi connectivity index (χ1n) is 4.03. The molecule has 0 aliphatic heterocycles. The zero-order valence-corrected chi connectivity index (χ0v) is 10.2. The summed E-state index contributed by atoms with van der Waals surface area (Å²) in [6.07, 6.45) is 3.11. The number of rotatable bonds is 2. The molecular weight excluding hydrogens is 298 g/mol. The third-order valence-corrected chi connectivity index (χ3v) is 2.85. The number of aromatic nitrogens is 4. The molecule has 2 aromatic heterocycles. The SMILES string of the molecule is NS(=O)(=O)c1nc(-c2cncc(Br)c2)n[nH]1. The summed E-state index contributed by atoms with van der Waals surface area (Å²) in [5, 5.41) is 10.5. The zero-order valence-electron chi connectivity index (χ0n) is 7.75. The number of nitrogens with zero attached hydrogens (tertiary/aromatic N) is 3. The van der Waals surface area contributed by atoms with Crippen molar-refractivity contribution in [1.82, 2.24) is 20.2 Å². The molecule has 0 spiro atoms. The van der Waals surface area contributed by atoms with Crippen LogP contribution >= 0.6 is 15.9 Å². The molecule has 0 saturated heterocycles. The van der Waals surface area contributed by atoms with Gasteiger partial charge in [-0.05, 0) is 22.0 Å². The van der Waals surface area contributed by atoms with Crippen LogP contribution in [0.4, 0.5) is 0 Å². The molecule has 2 aromatic rings. The molecule has 0 aromatic carbocycles. The Bertz CT molecular complexity index is 623. The molecule has 2 rings (SSSR count). The van der Waals surface area contributed by atoms with E-state index in [1.54, 1.807) is 12.3 Å². The Hall–Kier alpha value is -1.32. The summed E-state index contributed by atoms with van der Waals surface area (Å²) in [7, 11) is -3.86. The lowest BCUT2D eigenvalue weighted by atomic mass is 10.3. The van der Waals surface area contributed by atoms with E-state index in [0.717, 1.165) is 4.47 Å². The van der Waals surface area contributed by atoms with Crippen molar-refractivity contribution in [3.05, 3.63) is 22.9 Å². The minimum atomic E-state index is -3.86. The van der Waals surface area contributed by atoms with Gasteiger partial charge in [-0.1, -0.05) is 0 Å². The Kier molecular flexibility index (Phi) is 2.74. The van der Waals surface area contributed by atoms with Crippen molar-refractivity contribution < 1.29 is 8.42 Å². The quantitative estimate of drug-likeness (QED) is 0.826. The van der Waals surface area contributed by atoms with E-state index in [1.165, 1.54) is 6.20 Å². The normalized spacial score (nSPS) is 11.6. The van der Waals surface area contributed by atoms with Gasteiger partial charge in [-0.3, -0.25) is 4.98 Å². The molecular formula is C7H6BrN5O2S. The fourth-order valence-corrected chi connectivity index (χ4v) is 1.79. The number of hydrogen-bond acceptors (Lipinski definition) is 5. The standard InChI is InChI=1S/C7H6BrN5O2S/c8-5-1-4(2-10-3-5)6-11-7(13-12-6)16(9,14)15/h1-3H,(H2,9,14,15)(H,11,12,13). The summed E-state index contributed by atoms with van der Waals surface area (Å²) in [5.41, 5.74) is 0.584. The molecule has 0 fully saturated rings. The second-order valence-corrected chi connectivity index (χ2v) is 5.29. The Balaban J connectivity index is 2.47. The van der Waals surface area contributed by atoms with Gasteiger partial charge in [0, 0.05) is 22.4 Å². The highest BCUT2D eigenvalue weighted by molar-refractivity contribution is 9.10. The van der Waals surface area contributed by atoms with E-state index < -0.39 is 10.0 Å². The Morgan fingerprint density at radius 3 is 2.69 bits per heavy atom. The van der Waals surface area contributed by atoms with E-state index >= 15 is 0 Å². The van der Waals surface area contributed by atoms with Crippen LogP contribution in [0.5, 0.6) is 0 Å². The van der Waals surface area contributed by atoms with Gasteiger partial charge in [0.25, 0.3) is 15.2 Å². The second kappa shape index (κ2) is 3.92. The van der Waals surface area contributed by atoms with Crippen molar-refractivity contribution in [3.8, 4) is 11.4 Å². The molecule has 0 unspecified atom stereocenters. The Morgan fingerprint density at radius 1 is 1.38 bits per heavy atom. The van der Waals surface area contributed by atoms with Gasteiger partial charge in [-0.2, -0.15) is 10.1 Å². The van der Waals surface area contributed by atoms with Crippen molar-refractivity contribution in [1.29, 1.82) is 0 Å². The third kappa shape index (κ3) is 2.26. The van der Waals surface area contributed by atoms with Crippen LogP contribution in [0.15, 0.2) is 28.1 Å². The predicted octanol–water partition coefficient (Wildman–Crippen LogP) is 0.277. The average Bonchev–Trinajstić information content (AvgIpc) is 2.65. The molecule has 0 atom stereocenters. The van der Waals surface area contributed by atoms with Crippen LogP contribution in [0.3, 0.4) is 0 Å². The fraction of sp³-hybridized carbons (Fsp3) is 0. The molecule has 7 nitrogen and oxygen atoms in total. The largest absolute Gasteiger partial charge is 0.273 e. The highest BCUT2D eigenvalue weighted by atomic mass is 79.9. The number of pyridine rings is 1. The molecule has 0 saturated carbocycles. The molecule has 0 aliphatic rings. The lowest BCUT2D eigenvalue weighted by molar-refractivity contribution is 0.589. The Morgan fingerprint density at radius 2 is 2.12 bits per heavy atom. The van der Waals surface area contributed by atoms with Crippen LogP contribution in [0, 0.1) is 0 Å². The minimum absolute atomic E-state index is 0.220. The number of H-pyrrole nitrogens is 1. The van der Waals surface area contributed by atoms with Crippen molar-refractivity contribution in [2.45, 2.75) is 5.16 Å². The van der Waals surface area contributed by atoms with Crippen LogP contribution in [0.25, 0.3) is 11.4 Å². The smallest absolute Gasteiger partial charge is 0.263 e. The first kappa shape index (κ1) is 11.2. The van der Waals surface area contributed by atoms with E-state index in [1.807, 2.05) is 0 Å². The summed E-state index contributed by atoms with van der Waals surface area (Å²) in [4.78, 5) is 7.66. The molecule has 9 heteroatoms. The van der Waals surface area contributed by atoms with E-state index in [4.69, 9.17) is 5.14 Å². The van der Waals surface area contributed by atoms with E-state index in [-0.39, 0.29) is 11.0 Å². The third-order valence-electron chi connectivity index (χ3n) is 1.70. The predicted molar refractivity (Wildman–Crippen MR) is 58.7 cm³/mol. The van der Waals surface area contributed by atoms with Crippen LogP contribution in [0.1, 0.15) is 0 Å². The summed E-state index contributed by atoms with van der Waals surface area (Å²) in [5.74, 6) is 0.220. The first-order valence-corrected chi connectivity index (χ1v) is 6.37. The maximum Gasteiger partial charge on any atom is 0.273 e. The van der Waals surface area contributed by atoms with Crippen molar-refractivity contribution in [2.75, 3.05) is 0 Å². The summed E-state index contributed by atoms with van der Waals surface area (Å²) in [6, 6.07) is 1.71. The fourth-order valence-electron chi connectivity index (χ4n) is 1.04. The number of sulfonamides is 1. The molecule has 0 bridgehead atoms. The monoisotopic (exact) mass is 303 g/mol. The molecule has 84 valence electrons. The van der Waals surface area contributed by atoms with Gasteiger partial charge in [-0.25, -0.2) is 18.7 Å². The topological polar surface area (TPSA) is 115 Å². The minimum Gasteiger partial charge on any atom is -0.263 e. The lowest BCUT2D eigenvalue weighted by Crippen LogP contribution is -2.13. The van der Waals surface area contributed by atoms with Gasteiger partial charge in [0.1, 0.15) is 0 Å². The molecule has 0 aliphatic carbocycles. The van der Waals surface area contributed by atoms with Crippen LogP contribution in [-0.4, -0.2) is 28.6 Å². The van der Waals surface area contributed by atoms with Gasteiger partial charge in [0.2, 0.25) is 0 Å². The summed E-state index contributed by atoms with van der Waals surface area (Å²) in [6.45, 7) is 0. The van der Waals surface area contributed by atoms with Gasteiger partial charge in [0.15, 0.2) is 5.82 Å². The number of aromatic amines is 1. The van der Waals surface area contributed by atoms with Crippen molar-refractivity contribution in [3.63, 3.8) is 0 Å². The van der Waals surface area contributed by atoms with Gasteiger partial charge < -0.3 is 0 Å². The van der Waals surface area contributed by atoms with Gasteiger partial charge in [0.05, 0.1) is 0 Å². The summed E-state index contributed by atoms with van der Waals surface area (Å²) >= 11 is 3.23. The number of nitrogens with two attached hydrogens (primary N) is 1. The van der Waals surface area contributed by atoms with Crippen LogP contribution in [0.2, 0.25) is 0 Å². The highest BCUT2D eigenvalue weighted by Gasteiger charge is 2.15. The van der Waals surface area contributed by atoms with Crippen molar-refractivity contribution in [2.24, 2.45) is 5.14 Å². The second-order valence-electron chi connectivity index (χ2n) is 2.90. The zero-order chi connectivity index (χ0) is 11.8. The van der Waals surface area contributed by atoms with E-state index in [0.29, 0.717) is 5.56 Å². The van der Waals surface area contributed by atoms with Crippen molar-refractivity contribution >= 4 is 26.0 Å². The lowest BCUT2D eigenvalue weighted by Gasteiger charge is -1.94. The molecule has 0 amide bonds. The van der Waals surface area contributed by atoms with Gasteiger partial charge >= 0.3 is 0 Å². The molecule has 2 heterocycles. The number of nitrogens with one attached hydrogen (secondary N) is 1.